The quantitative estimate of drug-likeness (QED) is 0.753. The van der Waals surface area contributed by atoms with E-state index < -0.39 is 16.0 Å². The largest absolute Gasteiger partial charge is 0.508 e. The third-order valence-electron chi connectivity index (χ3n) is 1.57. The Morgan fingerprint density at radius 1 is 1.23 bits per heavy atom. The van der Waals surface area contributed by atoms with Gasteiger partial charge in [-0.15, -0.1) is 3.89 Å². The predicted octanol–water partition coefficient (Wildman–Crippen LogP) is 1.23. The number of aromatic hydroxyl groups is 1. The van der Waals surface area contributed by atoms with Crippen molar-refractivity contribution in [3.8, 4) is 5.75 Å². The molecule has 0 amide bonds. The summed E-state index contributed by atoms with van der Waals surface area (Å²) in [5, 5.41) is 8.89. The van der Waals surface area contributed by atoms with Gasteiger partial charge < -0.3 is 5.11 Å². The lowest BCUT2D eigenvalue weighted by molar-refractivity contribution is 0.475. The molecule has 0 unspecified atom stereocenters. The summed E-state index contributed by atoms with van der Waals surface area (Å²) in [6.45, 7) is 0. The monoisotopic (exact) mass is 204 g/mol. The van der Waals surface area contributed by atoms with Crippen LogP contribution in [0.2, 0.25) is 0 Å². The van der Waals surface area contributed by atoms with Crippen molar-refractivity contribution in [1.82, 2.24) is 0 Å². The Bertz CT molecular complexity index is 369. The Balaban J connectivity index is 2.61. The van der Waals surface area contributed by atoms with Gasteiger partial charge in [0.25, 0.3) is 0 Å². The molecule has 13 heavy (non-hydrogen) atoms. The summed E-state index contributed by atoms with van der Waals surface area (Å²) in [7, 11) is -4.39. The van der Waals surface area contributed by atoms with Crippen molar-refractivity contribution >= 4 is 10.2 Å². The molecule has 0 saturated heterocycles. The van der Waals surface area contributed by atoms with Crippen molar-refractivity contribution in [2.24, 2.45) is 0 Å². The van der Waals surface area contributed by atoms with Gasteiger partial charge >= 0.3 is 10.2 Å². The molecule has 0 aliphatic rings. The fourth-order valence-corrected chi connectivity index (χ4v) is 1.38. The number of rotatable bonds is 3. The zero-order valence-electron chi connectivity index (χ0n) is 6.77. The lowest BCUT2D eigenvalue weighted by Gasteiger charge is -1.98. The van der Waals surface area contributed by atoms with E-state index in [0.717, 1.165) is 0 Å². The van der Waals surface area contributed by atoms with Gasteiger partial charge in [0.1, 0.15) is 5.75 Å². The van der Waals surface area contributed by atoms with Crippen LogP contribution in [0.5, 0.6) is 5.75 Å². The first-order chi connectivity index (χ1) is 5.97. The predicted molar refractivity (Wildman–Crippen MR) is 46.7 cm³/mol. The zero-order valence-corrected chi connectivity index (χ0v) is 7.59. The first kappa shape index (κ1) is 9.98. The Labute approximate surface area is 76.0 Å². The van der Waals surface area contributed by atoms with Gasteiger partial charge in [0.15, 0.2) is 0 Å². The minimum atomic E-state index is -4.39. The van der Waals surface area contributed by atoms with Crippen molar-refractivity contribution in [2.45, 2.75) is 6.42 Å². The van der Waals surface area contributed by atoms with E-state index in [1.165, 1.54) is 12.1 Å². The molecule has 5 heteroatoms. The molecule has 1 rings (SSSR count). The maximum atomic E-state index is 12.1. The highest BCUT2D eigenvalue weighted by atomic mass is 32.3. The fraction of sp³-hybridized carbons (Fsp3) is 0.250. The third-order valence-corrected chi connectivity index (χ3v) is 2.26. The van der Waals surface area contributed by atoms with Crippen LogP contribution in [0.3, 0.4) is 0 Å². The van der Waals surface area contributed by atoms with Crippen LogP contribution in [-0.4, -0.2) is 19.3 Å². The second kappa shape index (κ2) is 3.74. The third kappa shape index (κ3) is 3.89. The van der Waals surface area contributed by atoms with Crippen LogP contribution in [0, 0.1) is 0 Å². The maximum absolute atomic E-state index is 12.1. The van der Waals surface area contributed by atoms with E-state index in [1.807, 2.05) is 0 Å². The Kier molecular flexibility index (Phi) is 2.87. The molecule has 72 valence electrons. The fourth-order valence-electron chi connectivity index (χ4n) is 0.902. The molecule has 1 aromatic carbocycles. The molecule has 0 radical (unpaired) electrons. The highest BCUT2D eigenvalue weighted by molar-refractivity contribution is 7.86. The van der Waals surface area contributed by atoms with E-state index >= 15 is 0 Å². The van der Waals surface area contributed by atoms with Gasteiger partial charge in [-0.2, -0.15) is 8.42 Å². The van der Waals surface area contributed by atoms with Crippen LogP contribution in [0.25, 0.3) is 0 Å². The van der Waals surface area contributed by atoms with Crippen LogP contribution in [-0.2, 0) is 16.6 Å². The molecule has 0 bridgehead atoms. The Morgan fingerprint density at radius 2 is 1.77 bits per heavy atom. The molecule has 0 saturated carbocycles. The second-order valence-corrected chi connectivity index (χ2v) is 4.15. The Morgan fingerprint density at radius 3 is 2.23 bits per heavy atom. The summed E-state index contributed by atoms with van der Waals surface area (Å²) < 4.78 is 32.4. The summed E-state index contributed by atoms with van der Waals surface area (Å²) in [5.74, 6) is -0.413. The van der Waals surface area contributed by atoms with E-state index in [9.17, 15) is 12.3 Å². The van der Waals surface area contributed by atoms with Crippen molar-refractivity contribution < 1.29 is 17.4 Å². The van der Waals surface area contributed by atoms with Gasteiger partial charge in [-0.05, 0) is 24.1 Å². The molecule has 0 fully saturated rings. The molecule has 0 heterocycles. The number of halogens is 1. The number of hydrogen-bond donors (Lipinski definition) is 1. The van der Waals surface area contributed by atoms with Crippen LogP contribution >= 0.6 is 0 Å². The van der Waals surface area contributed by atoms with Gasteiger partial charge in [-0.1, -0.05) is 12.1 Å². The zero-order chi connectivity index (χ0) is 9.90. The molecule has 3 nitrogen and oxygen atoms in total. The average molecular weight is 204 g/mol. The van der Waals surface area contributed by atoms with E-state index in [0.29, 0.717) is 5.56 Å². The minimum absolute atomic E-state index is 0.104. The normalized spacial score (nSPS) is 11.5. The van der Waals surface area contributed by atoms with Crippen molar-refractivity contribution in [2.75, 3.05) is 5.75 Å². The van der Waals surface area contributed by atoms with Crippen molar-refractivity contribution in [3.63, 3.8) is 0 Å². The molecular weight excluding hydrogens is 195 g/mol. The topological polar surface area (TPSA) is 54.4 Å². The first-order valence-corrected chi connectivity index (χ1v) is 5.23. The van der Waals surface area contributed by atoms with Crippen LogP contribution in [0.15, 0.2) is 24.3 Å². The van der Waals surface area contributed by atoms with Gasteiger partial charge in [0.05, 0.1) is 5.75 Å². The molecule has 1 N–H and O–H groups in total. The summed E-state index contributed by atoms with van der Waals surface area (Å²) in [6.07, 6.45) is 0.124. The van der Waals surface area contributed by atoms with Crippen molar-refractivity contribution in [3.05, 3.63) is 29.8 Å². The average Bonchev–Trinajstić information content (AvgIpc) is 2.02. The van der Waals surface area contributed by atoms with Crippen LogP contribution in [0.4, 0.5) is 3.89 Å². The summed E-state index contributed by atoms with van der Waals surface area (Å²) in [4.78, 5) is 0. The summed E-state index contributed by atoms with van der Waals surface area (Å²) in [6, 6.07) is 5.97. The smallest absolute Gasteiger partial charge is 0.302 e. The van der Waals surface area contributed by atoms with Gasteiger partial charge in [0, 0.05) is 0 Å². The number of benzene rings is 1. The van der Waals surface area contributed by atoms with Gasteiger partial charge in [-0.25, -0.2) is 0 Å². The molecule has 0 aliphatic carbocycles. The molecular formula is C8H9FO3S. The Hall–Kier alpha value is -1.10. The highest BCUT2D eigenvalue weighted by Crippen LogP contribution is 2.10. The minimum Gasteiger partial charge on any atom is -0.508 e. The number of phenols is 1. The number of hydrogen-bond acceptors (Lipinski definition) is 3. The highest BCUT2D eigenvalue weighted by Gasteiger charge is 2.06. The second-order valence-electron chi connectivity index (χ2n) is 2.66. The van der Waals surface area contributed by atoms with Crippen LogP contribution < -0.4 is 0 Å². The molecule has 1 aromatic rings. The van der Waals surface area contributed by atoms with Gasteiger partial charge in [0.2, 0.25) is 0 Å². The SMILES string of the molecule is O=S(=O)(F)CCc1ccc(O)cc1. The first-order valence-electron chi connectivity index (χ1n) is 3.67. The molecule has 0 spiro atoms. The van der Waals surface area contributed by atoms with E-state index in [2.05, 4.69) is 0 Å². The lowest BCUT2D eigenvalue weighted by Crippen LogP contribution is -2.01. The van der Waals surface area contributed by atoms with Crippen LogP contribution in [0.1, 0.15) is 5.56 Å². The maximum Gasteiger partial charge on any atom is 0.302 e. The van der Waals surface area contributed by atoms with Gasteiger partial charge in [-0.3, -0.25) is 0 Å². The van der Waals surface area contributed by atoms with E-state index in [-0.39, 0.29) is 12.2 Å². The van der Waals surface area contributed by atoms with Crippen molar-refractivity contribution in [1.29, 1.82) is 0 Å². The number of phenolic OH excluding ortho intramolecular Hbond substituents is 1. The van der Waals surface area contributed by atoms with E-state index in [4.69, 9.17) is 5.11 Å². The number of aryl methyl sites for hydroxylation is 1. The lowest BCUT2D eigenvalue weighted by atomic mass is 10.2. The standard InChI is InChI=1S/C8H9FO3S/c9-13(11,12)6-5-7-1-3-8(10)4-2-7/h1-4,10H,5-6H2. The van der Waals surface area contributed by atoms with E-state index in [1.54, 1.807) is 12.1 Å². The molecule has 0 aromatic heterocycles. The molecule has 0 aliphatic heterocycles. The molecule has 0 atom stereocenters. The summed E-state index contributed by atoms with van der Waals surface area (Å²) >= 11 is 0. The summed E-state index contributed by atoms with van der Waals surface area (Å²) in [5.41, 5.74) is 0.680.